The van der Waals surface area contributed by atoms with Crippen LogP contribution in [0.4, 0.5) is 0 Å². The molecule has 0 aliphatic carbocycles. The molecule has 4 N–H and O–H groups in total. The van der Waals surface area contributed by atoms with Crippen molar-refractivity contribution >= 4 is 17.7 Å². The predicted molar refractivity (Wildman–Crippen MR) is 65.3 cm³/mol. The number of nitrogens with two attached hydrogens (primary N) is 1. The summed E-state index contributed by atoms with van der Waals surface area (Å²) in [4.78, 5) is 34.4. The van der Waals surface area contributed by atoms with Gasteiger partial charge in [0.2, 0.25) is 5.91 Å². The highest BCUT2D eigenvalue weighted by Gasteiger charge is 2.24. The van der Waals surface area contributed by atoms with Gasteiger partial charge in [0, 0.05) is 6.54 Å². The van der Waals surface area contributed by atoms with Crippen molar-refractivity contribution in [3.05, 3.63) is 23.7 Å². The second-order valence-corrected chi connectivity index (χ2v) is 4.34. The molecule has 102 valence electrons. The van der Waals surface area contributed by atoms with Gasteiger partial charge in [-0.15, -0.1) is 0 Å². The van der Waals surface area contributed by atoms with E-state index < -0.39 is 17.9 Å². The lowest BCUT2D eigenvalue weighted by atomic mass is 10.1. The zero-order valence-electron chi connectivity index (χ0n) is 10.3. The normalized spacial score (nSPS) is 19.4. The van der Waals surface area contributed by atoms with Crippen LogP contribution in [0.15, 0.2) is 16.5 Å². The third kappa shape index (κ3) is 3.12. The van der Waals surface area contributed by atoms with Gasteiger partial charge in [0.15, 0.2) is 11.5 Å². The van der Waals surface area contributed by atoms with E-state index in [1.165, 1.54) is 12.1 Å². The Labute approximate surface area is 109 Å². The zero-order valence-corrected chi connectivity index (χ0v) is 10.3. The van der Waals surface area contributed by atoms with Crippen LogP contribution in [0.25, 0.3) is 0 Å². The molecule has 7 heteroatoms. The first-order valence-corrected chi connectivity index (χ1v) is 6.06. The molecule has 1 aliphatic heterocycles. The van der Waals surface area contributed by atoms with Gasteiger partial charge in [0.25, 0.3) is 11.8 Å². The van der Waals surface area contributed by atoms with E-state index in [1.807, 2.05) is 0 Å². The minimum Gasteiger partial charge on any atom is -0.446 e. The van der Waals surface area contributed by atoms with Crippen molar-refractivity contribution in [3.63, 3.8) is 0 Å². The van der Waals surface area contributed by atoms with Gasteiger partial charge >= 0.3 is 0 Å². The van der Waals surface area contributed by atoms with Gasteiger partial charge in [-0.1, -0.05) is 0 Å². The Kier molecular flexibility index (Phi) is 3.84. The van der Waals surface area contributed by atoms with Crippen LogP contribution in [0.3, 0.4) is 0 Å². The average Bonchev–Trinajstić information content (AvgIpc) is 2.78. The van der Waals surface area contributed by atoms with E-state index >= 15 is 0 Å². The lowest BCUT2D eigenvalue weighted by molar-refractivity contribution is -0.122. The van der Waals surface area contributed by atoms with E-state index in [0.717, 1.165) is 12.8 Å². The Morgan fingerprint density at radius 3 is 2.74 bits per heavy atom. The van der Waals surface area contributed by atoms with Crippen molar-refractivity contribution in [2.24, 2.45) is 5.73 Å². The number of carbonyl (C=O) groups excluding carboxylic acids is 3. The number of hydrogen-bond donors (Lipinski definition) is 3. The van der Waals surface area contributed by atoms with E-state index in [9.17, 15) is 14.4 Å². The standard InChI is InChI=1S/C12H15N3O4/c13-10(16)8-4-5-9(19-8)12(18)15-7-3-1-2-6-14-11(7)17/h4-5,7H,1-3,6H2,(H2,13,16)(H,14,17)(H,15,18). The second-order valence-electron chi connectivity index (χ2n) is 4.34. The molecule has 0 radical (unpaired) electrons. The highest BCUT2D eigenvalue weighted by molar-refractivity contribution is 5.97. The molecule has 0 spiro atoms. The Balaban J connectivity index is 2.02. The molecule has 1 atom stereocenters. The summed E-state index contributed by atoms with van der Waals surface area (Å²) in [6, 6.07) is 2.10. The number of rotatable bonds is 3. The molecule has 0 aromatic carbocycles. The lowest BCUT2D eigenvalue weighted by Crippen LogP contribution is -2.45. The minimum atomic E-state index is -0.744. The highest BCUT2D eigenvalue weighted by atomic mass is 16.4. The molecular weight excluding hydrogens is 250 g/mol. The minimum absolute atomic E-state index is 0.0363. The fourth-order valence-corrected chi connectivity index (χ4v) is 1.90. The van der Waals surface area contributed by atoms with Gasteiger partial charge in [-0.25, -0.2) is 0 Å². The Hall–Kier alpha value is -2.31. The smallest absolute Gasteiger partial charge is 0.287 e. The van der Waals surface area contributed by atoms with Gasteiger partial charge in [0.05, 0.1) is 0 Å². The van der Waals surface area contributed by atoms with Crippen LogP contribution in [0.1, 0.15) is 40.4 Å². The molecule has 1 aromatic rings. The van der Waals surface area contributed by atoms with Crippen molar-refractivity contribution in [2.45, 2.75) is 25.3 Å². The maximum absolute atomic E-state index is 11.9. The summed E-state index contributed by atoms with van der Waals surface area (Å²) < 4.78 is 5.00. The summed E-state index contributed by atoms with van der Waals surface area (Å²) in [6.07, 6.45) is 2.33. The fourth-order valence-electron chi connectivity index (χ4n) is 1.90. The Morgan fingerprint density at radius 1 is 1.32 bits per heavy atom. The quantitative estimate of drug-likeness (QED) is 0.700. The molecule has 3 amide bonds. The topological polar surface area (TPSA) is 114 Å². The van der Waals surface area contributed by atoms with Gasteiger partial charge < -0.3 is 20.8 Å². The second kappa shape index (κ2) is 5.55. The number of carbonyl (C=O) groups is 3. The van der Waals surface area contributed by atoms with Crippen LogP contribution in [0.5, 0.6) is 0 Å². The summed E-state index contributed by atoms with van der Waals surface area (Å²) in [6.45, 7) is 0.623. The van der Waals surface area contributed by atoms with Crippen LogP contribution in [-0.2, 0) is 4.79 Å². The van der Waals surface area contributed by atoms with E-state index in [0.29, 0.717) is 13.0 Å². The third-order valence-electron chi connectivity index (χ3n) is 2.91. The van der Waals surface area contributed by atoms with Crippen LogP contribution in [0.2, 0.25) is 0 Å². The van der Waals surface area contributed by atoms with Crippen LogP contribution < -0.4 is 16.4 Å². The predicted octanol–water partition coefficient (Wildman–Crippen LogP) is -0.223. The number of amides is 3. The number of hydrogen-bond acceptors (Lipinski definition) is 4. The zero-order chi connectivity index (χ0) is 13.8. The van der Waals surface area contributed by atoms with Gasteiger partial charge in [-0.2, -0.15) is 0 Å². The summed E-state index contributed by atoms with van der Waals surface area (Å²) in [5, 5.41) is 5.30. The highest BCUT2D eigenvalue weighted by Crippen LogP contribution is 2.10. The maximum Gasteiger partial charge on any atom is 0.287 e. The van der Waals surface area contributed by atoms with Crippen molar-refractivity contribution in [1.82, 2.24) is 10.6 Å². The monoisotopic (exact) mass is 265 g/mol. The van der Waals surface area contributed by atoms with Crippen molar-refractivity contribution in [2.75, 3.05) is 6.54 Å². The third-order valence-corrected chi connectivity index (χ3v) is 2.91. The van der Waals surface area contributed by atoms with Gasteiger partial charge in [0.1, 0.15) is 6.04 Å². The molecule has 2 heterocycles. The first-order chi connectivity index (χ1) is 9.08. The number of nitrogens with one attached hydrogen (secondary N) is 2. The molecule has 1 saturated heterocycles. The number of primary amides is 1. The van der Waals surface area contributed by atoms with Crippen LogP contribution >= 0.6 is 0 Å². The molecule has 0 saturated carbocycles. The largest absolute Gasteiger partial charge is 0.446 e. The first-order valence-electron chi connectivity index (χ1n) is 6.06. The summed E-state index contributed by atoms with van der Waals surface area (Å²) in [5.41, 5.74) is 5.03. The molecule has 1 aromatic heterocycles. The van der Waals surface area contributed by atoms with Crippen molar-refractivity contribution in [1.29, 1.82) is 0 Å². The first kappa shape index (κ1) is 13.1. The number of furan rings is 1. The summed E-state index contributed by atoms with van der Waals surface area (Å²) >= 11 is 0. The van der Waals surface area contributed by atoms with E-state index in [2.05, 4.69) is 10.6 Å². The molecule has 2 rings (SSSR count). The Bertz CT molecular complexity index is 509. The van der Waals surface area contributed by atoms with Crippen molar-refractivity contribution in [3.8, 4) is 0 Å². The molecule has 19 heavy (non-hydrogen) atoms. The summed E-state index contributed by atoms with van der Waals surface area (Å²) in [7, 11) is 0. The maximum atomic E-state index is 11.9. The lowest BCUT2D eigenvalue weighted by Gasteiger charge is -2.13. The van der Waals surface area contributed by atoms with Crippen LogP contribution in [-0.4, -0.2) is 30.3 Å². The van der Waals surface area contributed by atoms with Crippen molar-refractivity contribution < 1.29 is 18.8 Å². The molecular formula is C12H15N3O4. The van der Waals surface area contributed by atoms with Gasteiger partial charge in [-0.3, -0.25) is 14.4 Å². The Morgan fingerprint density at radius 2 is 2.05 bits per heavy atom. The molecule has 1 fully saturated rings. The fraction of sp³-hybridized carbons (Fsp3) is 0.417. The molecule has 1 unspecified atom stereocenters. The van der Waals surface area contributed by atoms with E-state index in [1.54, 1.807) is 0 Å². The van der Waals surface area contributed by atoms with E-state index in [4.69, 9.17) is 10.2 Å². The summed E-state index contributed by atoms with van der Waals surface area (Å²) in [5.74, 6) is -1.60. The molecule has 1 aliphatic rings. The average molecular weight is 265 g/mol. The molecule has 7 nitrogen and oxygen atoms in total. The molecule has 0 bridgehead atoms. The van der Waals surface area contributed by atoms with Gasteiger partial charge in [-0.05, 0) is 31.4 Å². The van der Waals surface area contributed by atoms with Crippen LogP contribution in [0, 0.1) is 0 Å². The van der Waals surface area contributed by atoms with E-state index in [-0.39, 0.29) is 17.4 Å². The SMILES string of the molecule is NC(=O)c1ccc(C(=O)NC2CCCCNC2=O)o1.